The minimum Gasteiger partial charge on any atom is -0.357 e. The Bertz CT molecular complexity index is 1470. The van der Waals surface area contributed by atoms with E-state index in [4.69, 9.17) is 0 Å². The molecule has 4 atom stereocenters. The van der Waals surface area contributed by atoms with Crippen molar-refractivity contribution in [2.24, 2.45) is 11.8 Å². The van der Waals surface area contributed by atoms with Crippen LogP contribution in [0.2, 0.25) is 0 Å². The Labute approximate surface area is 216 Å². The van der Waals surface area contributed by atoms with Crippen molar-refractivity contribution in [1.82, 2.24) is 9.80 Å². The third kappa shape index (κ3) is 3.86. The molecule has 3 aromatic carbocycles. The summed E-state index contributed by atoms with van der Waals surface area (Å²) in [6.45, 7) is 0.0810. The molecule has 0 aromatic heterocycles. The number of anilines is 1. The van der Waals surface area contributed by atoms with Crippen LogP contribution < -0.4 is 5.32 Å². The lowest BCUT2D eigenvalue weighted by Crippen LogP contribution is -2.46. The maximum atomic E-state index is 13.7. The number of halogens is 3. The normalized spacial score (nSPS) is 23.8. The molecular formula is C29H22F3N3O3. The maximum Gasteiger partial charge on any atom is 0.416 e. The Morgan fingerprint density at radius 2 is 1.58 bits per heavy atom. The Hall–Kier alpha value is -4.40. The van der Waals surface area contributed by atoms with Gasteiger partial charge in [-0.1, -0.05) is 60.7 Å². The molecule has 38 heavy (non-hydrogen) atoms. The standard InChI is InChI=1S/C29H22F3N3O3/c30-29(31,32)19-10-6-11-20(15-19)33-26(36)25-23-22(24-21-12-5-4-9-18(21)13-14-34(24)25)27(37)35(28(23)38)16-17-7-2-1-3-8-17/h1-15,22-25H,16H2,(H,33,36). The number of amides is 3. The lowest BCUT2D eigenvalue weighted by Gasteiger charge is -2.35. The van der Waals surface area contributed by atoms with Crippen LogP contribution >= 0.6 is 0 Å². The molecule has 9 heteroatoms. The van der Waals surface area contributed by atoms with Gasteiger partial charge in [-0.3, -0.25) is 19.3 Å². The Balaban J connectivity index is 1.38. The minimum absolute atomic E-state index is 0.0378. The summed E-state index contributed by atoms with van der Waals surface area (Å²) in [5.74, 6) is -3.27. The third-order valence-corrected chi connectivity index (χ3v) is 7.46. The number of likely N-dealkylation sites (tertiary alicyclic amines) is 1. The molecule has 3 aliphatic heterocycles. The van der Waals surface area contributed by atoms with Crippen LogP contribution in [0.5, 0.6) is 0 Å². The Morgan fingerprint density at radius 1 is 0.868 bits per heavy atom. The average molecular weight is 518 g/mol. The van der Waals surface area contributed by atoms with E-state index in [1.807, 2.05) is 60.7 Å². The molecule has 6 rings (SSSR count). The fraction of sp³-hybridized carbons (Fsp3) is 0.207. The maximum absolute atomic E-state index is 13.7. The predicted octanol–water partition coefficient (Wildman–Crippen LogP) is 4.86. The quantitative estimate of drug-likeness (QED) is 0.503. The van der Waals surface area contributed by atoms with E-state index < -0.39 is 47.5 Å². The van der Waals surface area contributed by atoms with Crippen molar-refractivity contribution in [2.45, 2.75) is 24.8 Å². The van der Waals surface area contributed by atoms with Gasteiger partial charge in [-0.2, -0.15) is 13.2 Å². The van der Waals surface area contributed by atoms with Gasteiger partial charge in [0.1, 0.15) is 6.04 Å². The molecule has 1 N–H and O–H groups in total. The van der Waals surface area contributed by atoms with Crippen LogP contribution in [-0.4, -0.2) is 33.6 Å². The van der Waals surface area contributed by atoms with E-state index in [9.17, 15) is 27.6 Å². The molecule has 0 aliphatic carbocycles. The van der Waals surface area contributed by atoms with Crippen LogP contribution in [0.4, 0.5) is 18.9 Å². The summed E-state index contributed by atoms with van der Waals surface area (Å²) in [6, 6.07) is 19.3. The van der Waals surface area contributed by atoms with Gasteiger partial charge in [0, 0.05) is 11.9 Å². The highest BCUT2D eigenvalue weighted by Crippen LogP contribution is 2.52. The summed E-state index contributed by atoms with van der Waals surface area (Å²) in [7, 11) is 0. The number of benzene rings is 3. The third-order valence-electron chi connectivity index (χ3n) is 7.46. The van der Waals surface area contributed by atoms with Crippen LogP contribution in [0.25, 0.3) is 6.08 Å². The molecule has 3 amide bonds. The molecule has 2 fully saturated rings. The summed E-state index contributed by atoms with van der Waals surface area (Å²) in [5.41, 5.74) is 1.55. The first-order valence-electron chi connectivity index (χ1n) is 12.2. The van der Waals surface area contributed by atoms with Crippen LogP contribution in [-0.2, 0) is 27.1 Å². The predicted molar refractivity (Wildman–Crippen MR) is 133 cm³/mol. The van der Waals surface area contributed by atoms with E-state index in [0.717, 1.165) is 28.8 Å². The molecular weight excluding hydrogens is 495 g/mol. The molecule has 0 saturated carbocycles. The number of alkyl halides is 3. The first kappa shape index (κ1) is 24.0. The fourth-order valence-electron chi connectivity index (χ4n) is 5.83. The van der Waals surface area contributed by atoms with Gasteiger partial charge in [0.2, 0.25) is 17.7 Å². The topological polar surface area (TPSA) is 69.7 Å². The molecule has 4 unspecified atom stereocenters. The van der Waals surface area contributed by atoms with Gasteiger partial charge in [0.25, 0.3) is 0 Å². The van der Waals surface area contributed by atoms with Gasteiger partial charge < -0.3 is 10.2 Å². The average Bonchev–Trinajstić information content (AvgIpc) is 3.37. The Morgan fingerprint density at radius 3 is 2.34 bits per heavy atom. The number of rotatable bonds is 4. The number of nitrogens with one attached hydrogen (secondary N) is 1. The summed E-state index contributed by atoms with van der Waals surface area (Å²) < 4.78 is 39.7. The second-order valence-corrected chi connectivity index (χ2v) is 9.65. The van der Waals surface area contributed by atoms with Crippen molar-refractivity contribution in [3.05, 3.63) is 107 Å². The second kappa shape index (κ2) is 8.86. The number of fused-ring (bicyclic) bond motifs is 5. The molecule has 0 spiro atoms. The number of carbonyl (C=O) groups excluding carboxylic acids is 3. The van der Waals surface area contributed by atoms with E-state index in [0.29, 0.717) is 0 Å². The highest BCUT2D eigenvalue weighted by atomic mass is 19.4. The van der Waals surface area contributed by atoms with Crippen molar-refractivity contribution in [1.29, 1.82) is 0 Å². The van der Waals surface area contributed by atoms with Crippen molar-refractivity contribution in [2.75, 3.05) is 5.32 Å². The molecule has 6 nitrogen and oxygen atoms in total. The fourth-order valence-corrected chi connectivity index (χ4v) is 5.83. The SMILES string of the molecule is O=C(Nc1cccc(C(F)(F)F)c1)C1C2C(=O)N(Cc3ccccc3)C(=O)C2C2c3ccccc3C=CN12. The van der Waals surface area contributed by atoms with Crippen LogP contribution in [0.15, 0.2) is 85.1 Å². The zero-order chi connectivity index (χ0) is 26.6. The Kier molecular flexibility index (Phi) is 5.59. The van der Waals surface area contributed by atoms with Crippen LogP contribution in [0, 0.1) is 11.8 Å². The monoisotopic (exact) mass is 517 g/mol. The van der Waals surface area contributed by atoms with Crippen molar-refractivity contribution < 1.29 is 27.6 Å². The summed E-state index contributed by atoms with van der Waals surface area (Å²) in [5, 5.41) is 2.57. The molecule has 3 aromatic rings. The minimum atomic E-state index is -4.57. The van der Waals surface area contributed by atoms with Gasteiger partial charge >= 0.3 is 6.18 Å². The first-order chi connectivity index (χ1) is 18.2. The van der Waals surface area contributed by atoms with E-state index >= 15 is 0 Å². The molecule has 3 aliphatic rings. The summed E-state index contributed by atoms with van der Waals surface area (Å²) >= 11 is 0. The number of hydrogen-bond donors (Lipinski definition) is 1. The summed E-state index contributed by atoms with van der Waals surface area (Å²) in [4.78, 5) is 44.0. The highest BCUT2D eigenvalue weighted by Gasteiger charge is 2.64. The molecule has 3 heterocycles. The molecule has 2 saturated heterocycles. The molecule has 0 radical (unpaired) electrons. The highest BCUT2D eigenvalue weighted by molar-refractivity contribution is 6.10. The van der Waals surface area contributed by atoms with Gasteiger partial charge in [-0.25, -0.2) is 0 Å². The van der Waals surface area contributed by atoms with Crippen LogP contribution in [0.3, 0.4) is 0 Å². The van der Waals surface area contributed by atoms with Crippen LogP contribution in [0.1, 0.15) is 28.3 Å². The second-order valence-electron chi connectivity index (χ2n) is 9.65. The van der Waals surface area contributed by atoms with Crippen molar-refractivity contribution in [3.63, 3.8) is 0 Å². The van der Waals surface area contributed by atoms with E-state index in [1.54, 1.807) is 11.1 Å². The lowest BCUT2D eigenvalue weighted by molar-refractivity contribution is -0.143. The lowest BCUT2D eigenvalue weighted by atomic mass is 9.84. The van der Waals surface area contributed by atoms with Gasteiger partial charge in [-0.15, -0.1) is 0 Å². The zero-order valence-corrected chi connectivity index (χ0v) is 19.9. The number of hydrogen-bond acceptors (Lipinski definition) is 4. The largest absolute Gasteiger partial charge is 0.416 e. The number of nitrogens with zero attached hydrogens (tertiary/aromatic N) is 2. The van der Waals surface area contributed by atoms with Gasteiger partial charge in [0.15, 0.2) is 0 Å². The van der Waals surface area contributed by atoms with Gasteiger partial charge in [0.05, 0.1) is 30.0 Å². The zero-order valence-electron chi connectivity index (χ0n) is 19.9. The first-order valence-corrected chi connectivity index (χ1v) is 12.2. The van der Waals surface area contributed by atoms with Crippen molar-refractivity contribution in [3.8, 4) is 0 Å². The summed E-state index contributed by atoms with van der Waals surface area (Å²) in [6.07, 6.45) is -1.06. The number of carbonyl (C=O) groups is 3. The van der Waals surface area contributed by atoms with E-state index in [1.165, 1.54) is 17.0 Å². The number of imide groups is 1. The van der Waals surface area contributed by atoms with Gasteiger partial charge in [-0.05, 0) is 41.0 Å². The van der Waals surface area contributed by atoms with Crippen molar-refractivity contribution >= 4 is 29.5 Å². The molecule has 0 bridgehead atoms. The van der Waals surface area contributed by atoms with E-state index in [2.05, 4.69) is 5.32 Å². The molecule has 192 valence electrons. The van der Waals surface area contributed by atoms with E-state index in [-0.39, 0.29) is 18.1 Å². The smallest absolute Gasteiger partial charge is 0.357 e.